The van der Waals surface area contributed by atoms with Crippen molar-refractivity contribution < 1.29 is 4.79 Å². The minimum atomic E-state index is -0.413. The Bertz CT molecular complexity index is 1010. The first-order valence-electron chi connectivity index (χ1n) is 8.79. The molecule has 0 aliphatic heterocycles. The van der Waals surface area contributed by atoms with E-state index in [9.17, 15) is 10.1 Å². The Balaban J connectivity index is 1.57. The number of hydrogen-bond acceptors (Lipinski definition) is 4. The van der Waals surface area contributed by atoms with E-state index in [1.165, 1.54) is 6.08 Å². The van der Waals surface area contributed by atoms with Crippen LogP contribution in [0.3, 0.4) is 0 Å². The first kappa shape index (κ1) is 18.8. The maximum absolute atomic E-state index is 12.1. The predicted octanol–water partition coefficient (Wildman–Crippen LogP) is 3.11. The van der Waals surface area contributed by atoms with Crippen molar-refractivity contribution in [1.29, 1.82) is 5.26 Å². The molecule has 1 N–H and O–H groups in total. The Morgan fingerprint density at radius 1 is 1.07 bits per heavy atom. The molecule has 6 nitrogen and oxygen atoms in total. The molecule has 0 bridgehead atoms. The topological polar surface area (TPSA) is 83.6 Å². The number of amides is 1. The Morgan fingerprint density at radius 3 is 2.43 bits per heavy atom. The van der Waals surface area contributed by atoms with E-state index in [0.717, 1.165) is 11.1 Å². The van der Waals surface area contributed by atoms with Crippen LogP contribution >= 0.6 is 0 Å². The lowest BCUT2D eigenvalue weighted by Crippen LogP contribution is -2.23. The summed E-state index contributed by atoms with van der Waals surface area (Å²) in [5.74, 6) is -0.413. The summed E-state index contributed by atoms with van der Waals surface area (Å²) in [7, 11) is 0. The lowest BCUT2D eigenvalue weighted by atomic mass is 10.2. The van der Waals surface area contributed by atoms with E-state index in [0.29, 0.717) is 18.8 Å². The van der Waals surface area contributed by atoms with Crippen LogP contribution in [0.4, 0.5) is 0 Å². The first-order valence-corrected chi connectivity index (χ1v) is 8.79. The second kappa shape index (κ2) is 9.64. The van der Waals surface area contributed by atoms with Crippen molar-refractivity contribution in [3.63, 3.8) is 0 Å². The number of aromatic nitrogens is 3. The molecular weight excluding hydrogens is 350 g/mol. The number of benzene rings is 2. The number of rotatable bonds is 7. The maximum atomic E-state index is 12.1. The zero-order valence-electron chi connectivity index (χ0n) is 15.2. The molecular formula is C22H19N5O. The molecule has 0 saturated carbocycles. The smallest absolute Gasteiger partial charge is 0.262 e. The third-order valence-corrected chi connectivity index (χ3v) is 3.93. The SMILES string of the molecule is N#C/C(=C\C=C\c1cn(Cc2ccccc2)nn1)C(=O)NCc1ccccc1. The van der Waals surface area contributed by atoms with Crippen LogP contribution in [-0.2, 0) is 17.9 Å². The van der Waals surface area contributed by atoms with Crippen LogP contribution in [0.5, 0.6) is 0 Å². The molecule has 0 saturated heterocycles. The van der Waals surface area contributed by atoms with E-state index in [1.54, 1.807) is 23.0 Å². The number of hydrogen-bond donors (Lipinski definition) is 1. The first-order chi connectivity index (χ1) is 13.7. The van der Waals surface area contributed by atoms with Crippen LogP contribution in [0.25, 0.3) is 6.08 Å². The van der Waals surface area contributed by atoms with Crippen LogP contribution < -0.4 is 5.32 Å². The Kier molecular flexibility index (Phi) is 6.48. The van der Waals surface area contributed by atoms with Crippen molar-refractivity contribution in [2.75, 3.05) is 0 Å². The van der Waals surface area contributed by atoms with Crippen molar-refractivity contribution in [2.24, 2.45) is 0 Å². The normalized spacial score (nSPS) is 11.3. The van der Waals surface area contributed by atoms with Gasteiger partial charge in [0, 0.05) is 6.54 Å². The molecule has 6 heteroatoms. The summed E-state index contributed by atoms with van der Waals surface area (Å²) in [6.45, 7) is 0.999. The molecule has 28 heavy (non-hydrogen) atoms. The molecule has 0 radical (unpaired) electrons. The van der Waals surface area contributed by atoms with Gasteiger partial charge in [-0.3, -0.25) is 4.79 Å². The Hall–Kier alpha value is -3.98. The standard InChI is InChI=1S/C22H19N5O/c23-14-20(22(28)24-15-18-8-3-1-4-9-18)12-7-13-21-17-27(26-25-21)16-19-10-5-2-6-11-19/h1-13,17H,15-16H2,(H,24,28)/b13-7+,20-12+. The highest BCUT2D eigenvalue weighted by atomic mass is 16.1. The summed E-state index contributed by atoms with van der Waals surface area (Å²) in [6, 6.07) is 21.4. The highest BCUT2D eigenvalue weighted by Gasteiger charge is 2.07. The van der Waals surface area contributed by atoms with E-state index in [2.05, 4.69) is 15.6 Å². The van der Waals surface area contributed by atoms with Crippen molar-refractivity contribution in [2.45, 2.75) is 13.1 Å². The molecule has 0 aliphatic rings. The largest absolute Gasteiger partial charge is 0.347 e. The maximum Gasteiger partial charge on any atom is 0.262 e. The number of nitrogens with one attached hydrogen (secondary N) is 1. The molecule has 0 spiro atoms. The summed E-state index contributed by atoms with van der Waals surface area (Å²) >= 11 is 0. The molecule has 2 aromatic carbocycles. The minimum absolute atomic E-state index is 0.0314. The van der Waals surface area contributed by atoms with Gasteiger partial charge in [0.1, 0.15) is 17.3 Å². The van der Waals surface area contributed by atoms with Crippen molar-refractivity contribution >= 4 is 12.0 Å². The van der Waals surface area contributed by atoms with Gasteiger partial charge in [0.25, 0.3) is 5.91 Å². The third kappa shape index (κ3) is 5.51. The Morgan fingerprint density at radius 2 is 1.75 bits per heavy atom. The van der Waals surface area contributed by atoms with Crippen LogP contribution in [0.2, 0.25) is 0 Å². The van der Waals surface area contributed by atoms with E-state index in [-0.39, 0.29) is 5.57 Å². The van der Waals surface area contributed by atoms with E-state index < -0.39 is 5.91 Å². The molecule has 138 valence electrons. The summed E-state index contributed by atoms with van der Waals surface area (Å²) < 4.78 is 1.73. The zero-order chi connectivity index (χ0) is 19.6. The van der Waals surface area contributed by atoms with Gasteiger partial charge in [-0.1, -0.05) is 72.0 Å². The average molecular weight is 369 g/mol. The van der Waals surface area contributed by atoms with Crippen LogP contribution in [0.1, 0.15) is 16.8 Å². The highest BCUT2D eigenvalue weighted by Crippen LogP contribution is 2.04. The van der Waals surface area contributed by atoms with Gasteiger partial charge < -0.3 is 5.32 Å². The Labute approximate surface area is 163 Å². The second-order valence-electron chi connectivity index (χ2n) is 6.05. The van der Waals surface area contributed by atoms with E-state index in [1.807, 2.05) is 66.7 Å². The van der Waals surface area contributed by atoms with Crippen molar-refractivity contribution in [1.82, 2.24) is 20.3 Å². The van der Waals surface area contributed by atoms with Crippen LogP contribution in [0.15, 0.2) is 84.6 Å². The number of allylic oxidation sites excluding steroid dienone is 2. The zero-order valence-corrected chi connectivity index (χ0v) is 15.2. The third-order valence-electron chi connectivity index (χ3n) is 3.93. The van der Waals surface area contributed by atoms with Gasteiger partial charge in [0.15, 0.2) is 0 Å². The lowest BCUT2D eigenvalue weighted by Gasteiger charge is -2.03. The molecule has 0 fully saturated rings. The molecule has 0 aliphatic carbocycles. The fourth-order valence-electron chi connectivity index (χ4n) is 2.52. The van der Waals surface area contributed by atoms with Gasteiger partial charge in [0.05, 0.1) is 12.7 Å². The van der Waals surface area contributed by atoms with E-state index in [4.69, 9.17) is 0 Å². The molecule has 0 unspecified atom stereocenters. The molecule has 1 heterocycles. The van der Waals surface area contributed by atoms with Gasteiger partial charge >= 0.3 is 0 Å². The van der Waals surface area contributed by atoms with Crippen LogP contribution in [-0.4, -0.2) is 20.9 Å². The lowest BCUT2D eigenvalue weighted by molar-refractivity contribution is -0.117. The summed E-state index contributed by atoms with van der Waals surface area (Å²) in [6.07, 6.45) is 6.60. The molecule has 1 amide bonds. The van der Waals surface area contributed by atoms with Crippen molar-refractivity contribution in [3.8, 4) is 6.07 Å². The highest BCUT2D eigenvalue weighted by molar-refractivity contribution is 5.97. The average Bonchev–Trinajstić information content (AvgIpc) is 3.18. The quantitative estimate of drug-likeness (QED) is 0.394. The number of carbonyl (C=O) groups excluding carboxylic acids is 1. The molecule has 0 atom stereocenters. The second-order valence-corrected chi connectivity index (χ2v) is 6.05. The molecule has 3 rings (SSSR count). The minimum Gasteiger partial charge on any atom is -0.347 e. The molecule has 3 aromatic rings. The number of carbonyl (C=O) groups is 1. The fraction of sp³-hybridized carbons (Fsp3) is 0.0909. The monoisotopic (exact) mass is 369 g/mol. The van der Waals surface area contributed by atoms with Gasteiger partial charge in [0.2, 0.25) is 0 Å². The van der Waals surface area contributed by atoms with E-state index >= 15 is 0 Å². The van der Waals surface area contributed by atoms with Gasteiger partial charge in [-0.15, -0.1) is 5.10 Å². The summed E-state index contributed by atoms with van der Waals surface area (Å²) in [5, 5.41) is 20.1. The predicted molar refractivity (Wildman–Crippen MR) is 107 cm³/mol. The summed E-state index contributed by atoms with van der Waals surface area (Å²) in [5.41, 5.74) is 2.78. The van der Waals surface area contributed by atoms with Gasteiger partial charge in [-0.2, -0.15) is 5.26 Å². The number of nitrogens with zero attached hydrogens (tertiary/aromatic N) is 4. The van der Waals surface area contributed by atoms with Crippen molar-refractivity contribution in [3.05, 3.63) is 101 Å². The summed E-state index contributed by atoms with van der Waals surface area (Å²) in [4.78, 5) is 12.1. The molecule has 1 aromatic heterocycles. The van der Waals surface area contributed by atoms with Gasteiger partial charge in [-0.05, 0) is 23.3 Å². The number of nitriles is 1. The fourth-order valence-corrected chi connectivity index (χ4v) is 2.52. The van der Waals surface area contributed by atoms with Gasteiger partial charge in [-0.25, -0.2) is 4.68 Å². The van der Waals surface area contributed by atoms with Crippen LogP contribution in [0, 0.1) is 11.3 Å².